The molecule has 1 aliphatic rings. The van der Waals surface area contributed by atoms with Gasteiger partial charge in [-0.05, 0) is 24.3 Å². The fraction of sp³-hybridized carbons (Fsp3) is 0.312. The predicted molar refractivity (Wildman–Crippen MR) is 104 cm³/mol. The second-order valence-electron chi connectivity index (χ2n) is 6.77. The third-order valence-electron chi connectivity index (χ3n) is 4.58. The molecule has 31 heavy (non-hydrogen) atoms. The Morgan fingerprint density at radius 2 is 1.90 bits per heavy atom. The molecule has 1 aromatic heterocycles. The highest BCUT2D eigenvalue weighted by atomic mass is 32.3. The van der Waals surface area contributed by atoms with Gasteiger partial charge in [0, 0.05) is 11.9 Å². The molecule has 2 aromatic rings. The van der Waals surface area contributed by atoms with Crippen LogP contribution in [-0.4, -0.2) is 50.2 Å². The van der Waals surface area contributed by atoms with Gasteiger partial charge in [0.05, 0.1) is 34.4 Å². The van der Waals surface area contributed by atoms with Crippen molar-refractivity contribution in [2.75, 3.05) is 16.8 Å². The lowest BCUT2D eigenvalue weighted by Gasteiger charge is -2.25. The van der Waals surface area contributed by atoms with Gasteiger partial charge < -0.3 is 11.1 Å². The van der Waals surface area contributed by atoms with Gasteiger partial charge in [-0.2, -0.15) is 34.1 Å². The Hall–Kier alpha value is -2.80. The fourth-order valence-electron chi connectivity index (χ4n) is 3.06. The molecule has 2 atom stereocenters. The zero-order chi connectivity index (χ0) is 23.2. The number of benzene rings is 1. The summed E-state index contributed by atoms with van der Waals surface area (Å²) < 4.78 is 81.9. The van der Waals surface area contributed by atoms with Gasteiger partial charge in [0.15, 0.2) is 5.82 Å². The van der Waals surface area contributed by atoms with Crippen LogP contribution in [0.15, 0.2) is 35.4 Å². The number of hydrogen-bond donors (Lipinski definition) is 4. The van der Waals surface area contributed by atoms with E-state index in [4.69, 9.17) is 5.73 Å². The van der Waals surface area contributed by atoms with E-state index in [1.807, 2.05) is 6.07 Å². The van der Waals surface area contributed by atoms with Gasteiger partial charge in [-0.3, -0.25) is 18.6 Å². The van der Waals surface area contributed by atoms with E-state index in [9.17, 15) is 40.8 Å². The minimum Gasteiger partial charge on any atom is -0.365 e. The van der Waals surface area contributed by atoms with Crippen LogP contribution in [-0.2, 0) is 9.84 Å². The first-order valence-electron chi connectivity index (χ1n) is 8.46. The lowest BCUT2D eigenvalue weighted by Crippen LogP contribution is -2.23. The van der Waals surface area contributed by atoms with Crippen molar-refractivity contribution in [2.45, 2.75) is 16.4 Å². The van der Waals surface area contributed by atoms with E-state index in [1.165, 1.54) is 10.9 Å². The second-order valence-corrected chi connectivity index (χ2v) is 11.0. The number of carbonyl (C=O) groups excluding carboxylic acids is 1. The molecule has 0 bridgehead atoms. The van der Waals surface area contributed by atoms with Crippen LogP contribution < -0.4 is 11.1 Å². The average molecular weight is 479 g/mol. The molecule has 1 saturated heterocycles. The minimum atomic E-state index is -5.51. The minimum absolute atomic E-state index is 0.0982. The average Bonchev–Trinajstić information content (AvgIpc) is 3.21. The molecule has 0 unspecified atom stereocenters. The van der Waals surface area contributed by atoms with E-state index >= 15 is 0 Å². The Labute approximate surface area is 175 Å². The van der Waals surface area contributed by atoms with Crippen LogP contribution in [0.3, 0.4) is 0 Å². The molecule has 1 aliphatic heterocycles. The van der Waals surface area contributed by atoms with E-state index in [1.54, 1.807) is 0 Å². The molecule has 1 fully saturated rings. The summed E-state index contributed by atoms with van der Waals surface area (Å²) in [6.45, 7) is 0. The molecule has 2 heterocycles. The summed E-state index contributed by atoms with van der Waals surface area (Å²) in [5.74, 6) is -2.06. The van der Waals surface area contributed by atoms with Crippen molar-refractivity contribution in [2.24, 2.45) is 11.7 Å². The normalized spacial score (nSPS) is 21.9. The maximum atomic E-state index is 12.6. The molecule has 0 radical (unpaired) electrons. The van der Waals surface area contributed by atoms with Crippen molar-refractivity contribution >= 4 is 37.8 Å². The number of hydrogen-bond acceptors (Lipinski definition) is 8. The summed E-state index contributed by atoms with van der Waals surface area (Å²) in [5.41, 5.74) is -0.121. The van der Waals surface area contributed by atoms with Gasteiger partial charge in [0.25, 0.3) is 15.7 Å². The SMILES string of the molecule is N#C[C@H]1CS(O)(O)C[C@@H]1n1cc(C(N)=O)c(Nc2ccc(S(=O)(=O)C(F)(F)F)cc2)n1. The number of carbonyl (C=O) groups is 1. The van der Waals surface area contributed by atoms with Crippen molar-refractivity contribution in [3.8, 4) is 6.07 Å². The zero-order valence-electron chi connectivity index (χ0n) is 15.4. The number of nitrogens with one attached hydrogen (secondary N) is 1. The lowest BCUT2D eigenvalue weighted by molar-refractivity contribution is -0.0436. The van der Waals surface area contributed by atoms with Crippen LogP contribution >= 0.6 is 10.6 Å². The van der Waals surface area contributed by atoms with Gasteiger partial charge in [-0.15, -0.1) is 0 Å². The standard InChI is InChI=1S/C16H16F3N5O5S2/c17-16(18,19)31(28,29)11-3-1-10(2-4-11)22-15-12(14(21)25)6-24(23-15)13-8-30(26,27)7-9(13)5-20/h1-4,6,9,13,26-27H,7-8H2,(H2,21,25)(H,22,23)/t9-,13-/m0/s1. The molecular weight excluding hydrogens is 463 g/mol. The topological polar surface area (TPSA) is 171 Å². The number of aromatic nitrogens is 2. The van der Waals surface area contributed by atoms with E-state index in [2.05, 4.69) is 10.4 Å². The van der Waals surface area contributed by atoms with Crippen LogP contribution in [0.5, 0.6) is 0 Å². The molecular formula is C16H16F3N5O5S2. The summed E-state index contributed by atoms with van der Waals surface area (Å²) in [5, 5.41) is 16.1. The molecule has 0 spiro atoms. The number of halogens is 3. The summed E-state index contributed by atoms with van der Waals surface area (Å²) in [6, 6.07) is 4.81. The van der Waals surface area contributed by atoms with E-state index in [0.717, 1.165) is 24.3 Å². The van der Waals surface area contributed by atoms with Crippen LogP contribution in [0.1, 0.15) is 16.4 Å². The van der Waals surface area contributed by atoms with Gasteiger partial charge >= 0.3 is 5.51 Å². The second kappa shape index (κ2) is 7.71. The molecule has 3 rings (SSSR count). The molecule has 10 nitrogen and oxygen atoms in total. The molecule has 0 saturated carbocycles. The first kappa shape index (κ1) is 22.9. The highest BCUT2D eigenvalue weighted by Crippen LogP contribution is 2.52. The number of nitriles is 1. The summed E-state index contributed by atoms with van der Waals surface area (Å²) in [4.78, 5) is 10.8. The van der Waals surface area contributed by atoms with Crippen molar-refractivity contribution in [1.29, 1.82) is 5.26 Å². The number of amides is 1. The van der Waals surface area contributed by atoms with Gasteiger partial charge in [-0.1, -0.05) is 0 Å². The Balaban J connectivity index is 1.91. The maximum absolute atomic E-state index is 12.6. The number of nitrogens with two attached hydrogens (primary N) is 1. The zero-order valence-corrected chi connectivity index (χ0v) is 17.1. The number of alkyl halides is 3. The number of anilines is 2. The molecule has 15 heteroatoms. The Bertz CT molecular complexity index is 1160. The number of nitrogens with zero attached hydrogens (tertiary/aromatic N) is 3. The fourth-order valence-corrected chi connectivity index (χ4v) is 5.76. The van der Waals surface area contributed by atoms with Gasteiger partial charge in [-0.25, -0.2) is 8.42 Å². The summed E-state index contributed by atoms with van der Waals surface area (Å²) in [6.07, 6.45) is 1.23. The van der Waals surface area contributed by atoms with Crippen molar-refractivity contribution in [1.82, 2.24) is 9.78 Å². The van der Waals surface area contributed by atoms with E-state index in [-0.39, 0.29) is 28.6 Å². The number of primary amides is 1. The molecule has 1 aromatic carbocycles. The van der Waals surface area contributed by atoms with Crippen molar-refractivity contribution in [3.63, 3.8) is 0 Å². The maximum Gasteiger partial charge on any atom is 0.501 e. The molecule has 1 amide bonds. The third kappa shape index (κ3) is 4.46. The molecule has 168 valence electrons. The van der Waals surface area contributed by atoms with E-state index in [0.29, 0.717) is 0 Å². The summed E-state index contributed by atoms with van der Waals surface area (Å²) >= 11 is 0. The molecule has 0 aliphatic carbocycles. The number of sulfone groups is 1. The highest BCUT2D eigenvalue weighted by Gasteiger charge is 2.46. The van der Waals surface area contributed by atoms with E-state index < -0.39 is 48.7 Å². The van der Waals surface area contributed by atoms with Crippen molar-refractivity contribution in [3.05, 3.63) is 36.0 Å². The molecule has 5 N–H and O–H groups in total. The summed E-state index contributed by atoms with van der Waals surface area (Å²) in [7, 11) is -8.50. The first-order chi connectivity index (χ1) is 14.2. The van der Waals surface area contributed by atoms with Crippen LogP contribution in [0.2, 0.25) is 0 Å². The van der Waals surface area contributed by atoms with Gasteiger partial charge in [0.2, 0.25) is 0 Å². The van der Waals surface area contributed by atoms with Gasteiger partial charge in [0.1, 0.15) is 5.56 Å². The van der Waals surface area contributed by atoms with Crippen LogP contribution in [0.25, 0.3) is 0 Å². The monoisotopic (exact) mass is 479 g/mol. The largest absolute Gasteiger partial charge is 0.501 e. The highest BCUT2D eigenvalue weighted by molar-refractivity contribution is 8.24. The lowest BCUT2D eigenvalue weighted by atomic mass is 10.1. The predicted octanol–water partition coefficient (Wildman–Crippen LogP) is 2.46. The Morgan fingerprint density at radius 1 is 1.29 bits per heavy atom. The quantitative estimate of drug-likeness (QED) is 0.506. The smallest absolute Gasteiger partial charge is 0.365 e. The van der Waals surface area contributed by atoms with Crippen LogP contribution in [0, 0.1) is 17.2 Å². The van der Waals surface area contributed by atoms with Crippen LogP contribution in [0.4, 0.5) is 24.7 Å². The third-order valence-corrected chi connectivity index (χ3v) is 7.85. The Kier molecular flexibility index (Phi) is 5.69. The van der Waals surface area contributed by atoms with Crippen molar-refractivity contribution < 1.29 is 35.5 Å². The first-order valence-corrected chi connectivity index (χ1v) is 11.8. The Morgan fingerprint density at radius 3 is 2.42 bits per heavy atom. The number of rotatable bonds is 5.